The topological polar surface area (TPSA) is 146 Å². The molecule has 6 rings (SSSR count). The largest absolute Gasteiger partial charge is 0.488 e. The summed E-state index contributed by atoms with van der Waals surface area (Å²) >= 11 is 0. The molecule has 292 valence electrons. The van der Waals surface area contributed by atoms with E-state index in [0.717, 1.165) is 87.0 Å². The number of H-pyrrole nitrogens is 2. The second kappa shape index (κ2) is 16.5. The van der Waals surface area contributed by atoms with E-state index < -0.39 is 12.1 Å². The molecule has 3 heterocycles. The zero-order chi connectivity index (χ0) is 39.6. The third-order valence-electron chi connectivity index (χ3n) is 11.2. The molecule has 1 aliphatic rings. The van der Waals surface area contributed by atoms with E-state index in [1.807, 2.05) is 29.7 Å². The third kappa shape index (κ3) is 7.63. The number of aromatic nitrogens is 4. The van der Waals surface area contributed by atoms with Crippen LogP contribution in [0.3, 0.4) is 0 Å². The molecule has 0 bridgehead atoms. The van der Waals surface area contributed by atoms with E-state index >= 15 is 0 Å². The maximum Gasteiger partial charge on any atom is 0.407 e. The summed E-state index contributed by atoms with van der Waals surface area (Å²) in [6, 6.07) is 13.5. The number of benzene rings is 3. The molecule has 0 fully saturated rings. The van der Waals surface area contributed by atoms with Gasteiger partial charge in [-0.1, -0.05) is 45.9 Å². The molecule has 12 heteroatoms. The van der Waals surface area contributed by atoms with Crippen LogP contribution in [0.25, 0.3) is 44.2 Å². The van der Waals surface area contributed by atoms with E-state index in [2.05, 4.69) is 86.3 Å². The normalized spacial score (nSPS) is 14.4. The molecular weight excluding hydrogens is 695 g/mol. The molecule has 2 aromatic heterocycles. The van der Waals surface area contributed by atoms with Gasteiger partial charge in [-0.05, 0) is 99.7 Å². The molecule has 0 saturated heterocycles. The Hall–Kier alpha value is -5.39. The number of rotatable bonds is 14. The minimum absolute atomic E-state index is 0.0360. The van der Waals surface area contributed by atoms with Crippen molar-refractivity contribution in [3.05, 3.63) is 65.9 Å². The minimum atomic E-state index is -0.759. The van der Waals surface area contributed by atoms with Gasteiger partial charge in [0.25, 0.3) is 0 Å². The van der Waals surface area contributed by atoms with Gasteiger partial charge in [0.2, 0.25) is 11.8 Å². The van der Waals surface area contributed by atoms with Crippen molar-refractivity contribution in [2.45, 2.75) is 124 Å². The van der Waals surface area contributed by atoms with Crippen LogP contribution in [0, 0.1) is 0 Å². The molecule has 3 amide bonds. The number of nitrogens with zero attached hydrogens (tertiary/aromatic N) is 4. The number of methoxy groups -OCH3 is 1. The standard InChI is InChI=1S/C43H55N7O5/c1-10-14-38(51)49(24(5)11-2)27(8)41-46-35-18-16-28-20-34-32-17-15-29(19-30(32)23-55-37(34)21-33(28)39(35)48-41)36-22-44-40(47-36)26(7)50(31(12-3)13-4)42(52)25(6)45-43(53)54-9/h15-22,24-27,31H,10-14,23H2,1-9H3,(H,44,47)(H,45,53)(H,46,48)/t24-,25-,26-,27-/m0/s1. The summed E-state index contributed by atoms with van der Waals surface area (Å²) in [6.07, 6.45) is 4.88. The van der Waals surface area contributed by atoms with Crippen LogP contribution in [0.1, 0.15) is 117 Å². The van der Waals surface area contributed by atoms with E-state index in [1.54, 1.807) is 13.1 Å². The van der Waals surface area contributed by atoms with E-state index in [9.17, 15) is 14.4 Å². The molecule has 1 aliphatic heterocycles. The molecule has 55 heavy (non-hydrogen) atoms. The highest BCUT2D eigenvalue weighted by molar-refractivity contribution is 6.07. The molecule has 0 unspecified atom stereocenters. The van der Waals surface area contributed by atoms with Gasteiger partial charge in [-0.3, -0.25) is 9.59 Å². The summed E-state index contributed by atoms with van der Waals surface area (Å²) in [5, 5.41) is 4.70. The molecule has 0 radical (unpaired) electrons. The summed E-state index contributed by atoms with van der Waals surface area (Å²) in [4.78, 5) is 59.2. The molecule has 3 N–H and O–H groups in total. The number of fused-ring (bicyclic) bond motifs is 6. The molecule has 12 nitrogen and oxygen atoms in total. The lowest BCUT2D eigenvalue weighted by molar-refractivity contribution is -0.138. The zero-order valence-corrected chi connectivity index (χ0v) is 33.6. The SMILES string of the molecule is CCCC(=O)N([C@@H](C)CC)[C@@H](C)c1nc2ccc3cc4c(cc3c2[nH]1)OCc1cc(-c2cnc([C@H](C)N(C(=O)[C@H](C)NC(=O)OC)C(CC)CC)[nH]2)ccc1-4. The van der Waals surface area contributed by atoms with Crippen LogP contribution in [0.2, 0.25) is 0 Å². The van der Waals surface area contributed by atoms with Crippen molar-refractivity contribution in [3.8, 4) is 28.1 Å². The summed E-state index contributed by atoms with van der Waals surface area (Å²) in [5.41, 5.74) is 6.77. The van der Waals surface area contributed by atoms with E-state index in [-0.39, 0.29) is 36.0 Å². The maximum absolute atomic E-state index is 13.7. The summed E-state index contributed by atoms with van der Waals surface area (Å²) in [7, 11) is 1.28. The van der Waals surface area contributed by atoms with E-state index in [4.69, 9.17) is 19.4 Å². The predicted molar refractivity (Wildman–Crippen MR) is 216 cm³/mol. The Morgan fingerprint density at radius 1 is 0.891 bits per heavy atom. The van der Waals surface area contributed by atoms with Crippen molar-refractivity contribution < 1.29 is 23.9 Å². The number of alkyl carbamates (subject to hydrolysis) is 1. The Morgan fingerprint density at radius 3 is 2.33 bits per heavy atom. The first-order chi connectivity index (χ1) is 26.4. The number of ether oxygens (including phenoxy) is 2. The quantitative estimate of drug-likeness (QED) is 0.103. The van der Waals surface area contributed by atoms with Gasteiger partial charge in [-0.25, -0.2) is 14.8 Å². The molecular formula is C43H55N7O5. The van der Waals surface area contributed by atoms with Crippen LogP contribution >= 0.6 is 0 Å². The Kier molecular flexibility index (Phi) is 11.8. The third-order valence-corrected chi connectivity index (χ3v) is 11.2. The Labute approximate surface area is 323 Å². The lowest BCUT2D eigenvalue weighted by Crippen LogP contribution is -2.51. The average Bonchev–Trinajstić information content (AvgIpc) is 3.87. The molecule has 5 aromatic rings. The fourth-order valence-corrected chi connectivity index (χ4v) is 7.91. The van der Waals surface area contributed by atoms with Crippen LogP contribution in [0.15, 0.2) is 48.7 Å². The number of amides is 3. The summed E-state index contributed by atoms with van der Waals surface area (Å²) in [5.74, 6) is 2.20. The van der Waals surface area contributed by atoms with Crippen molar-refractivity contribution in [1.82, 2.24) is 35.1 Å². The first-order valence-electron chi connectivity index (χ1n) is 19.7. The lowest BCUT2D eigenvalue weighted by atomic mass is 9.92. The van der Waals surface area contributed by atoms with Crippen LogP contribution < -0.4 is 10.1 Å². The second-order valence-electron chi connectivity index (χ2n) is 14.7. The monoisotopic (exact) mass is 749 g/mol. The van der Waals surface area contributed by atoms with Crippen LogP contribution in [0.5, 0.6) is 5.75 Å². The van der Waals surface area contributed by atoms with Gasteiger partial charge in [-0.15, -0.1) is 0 Å². The fourth-order valence-electron chi connectivity index (χ4n) is 7.91. The molecule has 3 aromatic carbocycles. The fraction of sp³-hybridized carbons (Fsp3) is 0.465. The molecule has 4 atom stereocenters. The molecule has 0 aliphatic carbocycles. The van der Waals surface area contributed by atoms with Gasteiger partial charge < -0.3 is 34.6 Å². The number of carbonyl (C=O) groups is 3. The second-order valence-corrected chi connectivity index (χ2v) is 14.7. The highest BCUT2D eigenvalue weighted by Crippen LogP contribution is 2.43. The first kappa shape index (κ1) is 39.3. The Morgan fingerprint density at radius 2 is 1.64 bits per heavy atom. The van der Waals surface area contributed by atoms with Crippen molar-refractivity contribution in [1.29, 1.82) is 0 Å². The summed E-state index contributed by atoms with van der Waals surface area (Å²) in [6.45, 7) is 16.4. The zero-order valence-electron chi connectivity index (χ0n) is 33.6. The number of carbonyl (C=O) groups excluding carboxylic acids is 3. The lowest BCUT2D eigenvalue weighted by Gasteiger charge is -2.36. The van der Waals surface area contributed by atoms with Gasteiger partial charge in [0.15, 0.2) is 0 Å². The van der Waals surface area contributed by atoms with Crippen molar-refractivity contribution in [2.75, 3.05) is 7.11 Å². The number of aromatic amines is 2. The Balaban J connectivity index is 1.28. The van der Waals surface area contributed by atoms with Gasteiger partial charge in [0, 0.05) is 29.5 Å². The van der Waals surface area contributed by atoms with Crippen molar-refractivity contribution >= 4 is 39.7 Å². The smallest absolute Gasteiger partial charge is 0.407 e. The number of nitrogens with one attached hydrogen (secondary N) is 3. The number of hydrogen-bond donors (Lipinski definition) is 3. The van der Waals surface area contributed by atoms with Gasteiger partial charge in [0.05, 0.1) is 42.1 Å². The van der Waals surface area contributed by atoms with E-state index in [0.29, 0.717) is 18.9 Å². The van der Waals surface area contributed by atoms with E-state index in [1.165, 1.54) is 7.11 Å². The first-order valence-corrected chi connectivity index (χ1v) is 19.7. The molecule has 0 saturated carbocycles. The van der Waals surface area contributed by atoms with Gasteiger partial charge in [-0.2, -0.15) is 0 Å². The predicted octanol–water partition coefficient (Wildman–Crippen LogP) is 8.98. The maximum atomic E-state index is 13.7. The van der Waals surface area contributed by atoms with Crippen LogP contribution in [-0.4, -0.2) is 72.9 Å². The minimum Gasteiger partial charge on any atom is -0.488 e. The number of hydrogen-bond acceptors (Lipinski definition) is 7. The van der Waals surface area contributed by atoms with Gasteiger partial charge >= 0.3 is 6.09 Å². The molecule has 0 spiro atoms. The van der Waals surface area contributed by atoms with Crippen LogP contribution in [0.4, 0.5) is 4.79 Å². The average molecular weight is 750 g/mol. The van der Waals surface area contributed by atoms with Gasteiger partial charge in [0.1, 0.15) is 30.0 Å². The highest BCUT2D eigenvalue weighted by Gasteiger charge is 2.33. The van der Waals surface area contributed by atoms with Crippen LogP contribution in [-0.2, 0) is 20.9 Å². The van der Waals surface area contributed by atoms with Crippen molar-refractivity contribution in [2.24, 2.45) is 0 Å². The van der Waals surface area contributed by atoms with Crippen molar-refractivity contribution in [3.63, 3.8) is 0 Å². The Bertz CT molecular complexity index is 2190. The summed E-state index contributed by atoms with van der Waals surface area (Å²) < 4.78 is 11.1. The highest BCUT2D eigenvalue weighted by atomic mass is 16.5. The number of imidazole rings is 2.